The zero-order valence-corrected chi connectivity index (χ0v) is 12.9. The van der Waals surface area contributed by atoms with Gasteiger partial charge in [-0.15, -0.1) is 0 Å². The predicted octanol–water partition coefficient (Wildman–Crippen LogP) is 2.07. The Kier molecular flexibility index (Phi) is 4.24. The highest BCUT2D eigenvalue weighted by Gasteiger charge is 2.30. The zero-order valence-electron chi connectivity index (χ0n) is 12.9. The Morgan fingerprint density at radius 2 is 2.09 bits per heavy atom. The van der Waals surface area contributed by atoms with Gasteiger partial charge in [0, 0.05) is 25.3 Å². The third kappa shape index (κ3) is 2.90. The molecule has 2 aromatic rings. The zero-order chi connectivity index (χ0) is 15.5. The van der Waals surface area contributed by atoms with Gasteiger partial charge in [-0.3, -0.25) is 4.79 Å². The van der Waals surface area contributed by atoms with E-state index in [4.69, 9.17) is 5.73 Å². The fraction of sp³-hybridized carbons (Fsp3) is 0.412. The van der Waals surface area contributed by atoms with Crippen LogP contribution in [0.25, 0.3) is 5.69 Å². The Labute approximate surface area is 130 Å². The fourth-order valence-electron chi connectivity index (χ4n) is 3.05. The standard InChI is InChI=1S/C17H22N4O/c1-13-7-9-20(15(11-13)12-18)17(22)16-8-10-21(19-16)14-5-3-2-4-6-14/h2-6,8,10,13,15H,7,9,11-12,18H2,1H3. The van der Waals surface area contributed by atoms with Gasteiger partial charge in [0.25, 0.3) is 5.91 Å². The summed E-state index contributed by atoms with van der Waals surface area (Å²) in [6.07, 6.45) is 3.83. The van der Waals surface area contributed by atoms with Crippen molar-refractivity contribution in [3.63, 3.8) is 0 Å². The second kappa shape index (κ2) is 6.32. The summed E-state index contributed by atoms with van der Waals surface area (Å²) in [6.45, 7) is 3.49. The van der Waals surface area contributed by atoms with Gasteiger partial charge >= 0.3 is 0 Å². The minimum absolute atomic E-state index is 0.0166. The normalized spacial score (nSPS) is 21.8. The van der Waals surface area contributed by atoms with E-state index in [1.807, 2.05) is 41.4 Å². The van der Waals surface area contributed by atoms with Crippen molar-refractivity contribution in [3.8, 4) is 5.69 Å². The van der Waals surface area contributed by atoms with Crippen molar-refractivity contribution < 1.29 is 4.79 Å². The van der Waals surface area contributed by atoms with Crippen LogP contribution in [0, 0.1) is 5.92 Å². The first kappa shape index (κ1) is 14.8. The van der Waals surface area contributed by atoms with Crippen LogP contribution in [-0.2, 0) is 0 Å². The number of piperidine rings is 1. The van der Waals surface area contributed by atoms with Gasteiger partial charge in [0.2, 0.25) is 0 Å². The molecule has 0 aliphatic carbocycles. The lowest BCUT2D eigenvalue weighted by atomic mass is 9.92. The number of nitrogens with zero attached hydrogens (tertiary/aromatic N) is 3. The van der Waals surface area contributed by atoms with Gasteiger partial charge in [-0.1, -0.05) is 25.1 Å². The molecule has 3 rings (SSSR count). The second-order valence-corrected chi connectivity index (χ2v) is 6.00. The molecule has 0 bridgehead atoms. The van der Waals surface area contributed by atoms with Crippen molar-refractivity contribution >= 4 is 5.91 Å². The topological polar surface area (TPSA) is 64.2 Å². The molecule has 1 aliphatic rings. The van der Waals surface area contributed by atoms with Crippen LogP contribution in [0.4, 0.5) is 0 Å². The van der Waals surface area contributed by atoms with Gasteiger partial charge in [-0.25, -0.2) is 4.68 Å². The van der Waals surface area contributed by atoms with Gasteiger partial charge in [-0.05, 0) is 37.0 Å². The molecular weight excluding hydrogens is 276 g/mol. The van der Waals surface area contributed by atoms with Crippen LogP contribution in [0.5, 0.6) is 0 Å². The van der Waals surface area contributed by atoms with E-state index in [0.717, 1.165) is 25.1 Å². The van der Waals surface area contributed by atoms with Crippen LogP contribution in [0.2, 0.25) is 0 Å². The summed E-state index contributed by atoms with van der Waals surface area (Å²) in [7, 11) is 0. The molecule has 0 spiro atoms. The number of nitrogens with two attached hydrogens (primary N) is 1. The Morgan fingerprint density at radius 1 is 1.32 bits per heavy atom. The lowest BCUT2D eigenvalue weighted by Gasteiger charge is -2.37. The number of carbonyl (C=O) groups is 1. The minimum atomic E-state index is -0.0166. The first-order valence-electron chi connectivity index (χ1n) is 7.81. The van der Waals surface area contributed by atoms with Crippen LogP contribution in [0.3, 0.4) is 0 Å². The Hall–Kier alpha value is -2.14. The molecule has 116 valence electrons. The molecule has 1 fully saturated rings. The second-order valence-electron chi connectivity index (χ2n) is 6.00. The highest BCUT2D eigenvalue weighted by atomic mass is 16.2. The molecule has 1 amide bonds. The number of hydrogen-bond donors (Lipinski definition) is 1. The molecule has 22 heavy (non-hydrogen) atoms. The van der Waals surface area contributed by atoms with Crippen molar-refractivity contribution in [3.05, 3.63) is 48.3 Å². The Balaban J connectivity index is 1.79. The SMILES string of the molecule is CC1CCN(C(=O)c2ccn(-c3ccccc3)n2)C(CN)C1. The summed E-state index contributed by atoms with van der Waals surface area (Å²) in [6, 6.07) is 11.7. The quantitative estimate of drug-likeness (QED) is 0.943. The minimum Gasteiger partial charge on any atom is -0.333 e. The summed E-state index contributed by atoms with van der Waals surface area (Å²) >= 11 is 0. The van der Waals surface area contributed by atoms with Crippen LogP contribution < -0.4 is 5.73 Å². The number of aromatic nitrogens is 2. The molecule has 5 heteroatoms. The number of hydrogen-bond acceptors (Lipinski definition) is 3. The highest BCUT2D eigenvalue weighted by Crippen LogP contribution is 2.23. The molecule has 5 nitrogen and oxygen atoms in total. The molecule has 1 saturated heterocycles. The monoisotopic (exact) mass is 298 g/mol. The van der Waals surface area contributed by atoms with Crippen molar-refractivity contribution in [2.45, 2.75) is 25.8 Å². The predicted molar refractivity (Wildman–Crippen MR) is 85.8 cm³/mol. The summed E-state index contributed by atoms with van der Waals surface area (Å²) in [5.74, 6) is 0.608. The highest BCUT2D eigenvalue weighted by molar-refractivity contribution is 5.92. The number of para-hydroxylation sites is 1. The fourth-order valence-corrected chi connectivity index (χ4v) is 3.05. The van der Waals surface area contributed by atoms with Crippen LogP contribution in [0.15, 0.2) is 42.6 Å². The number of rotatable bonds is 3. The maximum Gasteiger partial charge on any atom is 0.274 e. The third-order valence-corrected chi connectivity index (χ3v) is 4.34. The summed E-state index contributed by atoms with van der Waals surface area (Å²) < 4.78 is 1.73. The van der Waals surface area contributed by atoms with Crippen molar-refractivity contribution in [1.82, 2.24) is 14.7 Å². The van der Waals surface area contributed by atoms with Gasteiger partial charge in [0.15, 0.2) is 5.69 Å². The van der Waals surface area contributed by atoms with Crippen molar-refractivity contribution in [2.75, 3.05) is 13.1 Å². The van der Waals surface area contributed by atoms with E-state index in [9.17, 15) is 4.79 Å². The van der Waals surface area contributed by atoms with E-state index in [2.05, 4.69) is 12.0 Å². The van der Waals surface area contributed by atoms with E-state index in [0.29, 0.717) is 18.2 Å². The lowest BCUT2D eigenvalue weighted by molar-refractivity contribution is 0.0567. The maximum absolute atomic E-state index is 12.7. The van der Waals surface area contributed by atoms with E-state index in [1.165, 1.54) is 0 Å². The summed E-state index contributed by atoms with van der Waals surface area (Å²) in [5, 5.41) is 4.43. The number of likely N-dealkylation sites (tertiary alicyclic amines) is 1. The molecule has 2 unspecified atom stereocenters. The van der Waals surface area contributed by atoms with Gasteiger partial charge in [-0.2, -0.15) is 5.10 Å². The molecule has 2 N–H and O–H groups in total. The molecule has 1 aromatic heterocycles. The van der Waals surface area contributed by atoms with E-state index >= 15 is 0 Å². The van der Waals surface area contributed by atoms with Crippen molar-refractivity contribution in [1.29, 1.82) is 0 Å². The summed E-state index contributed by atoms with van der Waals surface area (Å²) in [4.78, 5) is 14.6. The maximum atomic E-state index is 12.7. The van der Waals surface area contributed by atoms with Crippen LogP contribution in [0.1, 0.15) is 30.3 Å². The van der Waals surface area contributed by atoms with Crippen LogP contribution in [-0.4, -0.2) is 39.7 Å². The molecule has 0 saturated carbocycles. The summed E-state index contributed by atoms with van der Waals surface area (Å²) in [5.41, 5.74) is 7.28. The third-order valence-electron chi connectivity index (χ3n) is 4.34. The van der Waals surface area contributed by atoms with E-state index in [-0.39, 0.29) is 11.9 Å². The van der Waals surface area contributed by atoms with Crippen molar-refractivity contribution in [2.24, 2.45) is 11.7 Å². The van der Waals surface area contributed by atoms with Gasteiger partial charge in [0.05, 0.1) is 5.69 Å². The Morgan fingerprint density at radius 3 is 2.82 bits per heavy atom. The molecule has 1 aromatic carbocycles. The van der Waals surface area contributed by atoms with E-state index < -0.39 is 0 Å². The van der Waals surface area contributed by atoms with Gasteiger partial charge < -0.3 is 10.6 Å². The number of amides is 1. The number of carbonyl (C=O) groups excluding carboxylic acids is 1. The van der Waals surface area contributed by atoms with E-state index in [1.54, 1.807) is 10.7 Å². The first-order chi connectivity index (χ1) is 10.7. The number of benzene rings is 1. The molecule has 2 atom stereocenters. The molecule has 1 aliphatic heterocycles. The average Bonchev–Trinajstić information content (AvgIpc) is 3.05. The average molecular weight is 298 g/mol. The smallest absolute Gasteiger partial charge is 0.274 e. The molecular formula is C17H22N4O. The van der Waals surface area contributed by atoms with Crippen LogP contribution >= 0.6 is 0 Å². The van der Waals surface area contributed by atoms with Gasteiger partial charge in [0.1, 0.15) is 0 Å². The molecule has 0 radical (unpaired) electrons. The Bertz CT molecular complexity index is 637. The molecule has 2 heterocycles. The largest absolute Gasteiger partial charge is 0.333 e. The first-order valence-corrected chi connectivity index (χ1v) is 7.81. The lowest BCUT2D eigenvalue weighted by Crippen LogP contribution is -2.49.